The summed E-state index contributed by atoms with van der Waals surface area (Å²) in [5, 5.41) is 0. The molecule has 0 atom stereocenters. The highest BCUT2D eigenvalue weighted by atomic mass is 32.2. The lowest BCUT2D eigenvalue weighted by molar-refractivity contribution is -0.138. The SMILES string of the molecule is COC(=O)CN(c1cccc(F)c1)S(=O)(=O)c1ccc(OC)c(F)c1. The van der Waals surface area contributed by atoms with Crippen LogP contribution in [0.4, 0.5) is 14.5 Å². The average Bonchev–Trinajstić information content (AvgIpc) is 2.59. The molecule has 0 heterocycles. The molecule has 9 heteroatoms. The summed E-state index contributed by atoms with van der Waals surface area (Å²) in [6.45, 7) is -0.698. The summed E-state index contributed by atoms with van der Waals surface area (Å²) in [7, 11) is -2.03. The Morgan fingerprint density at radius 1 is 1.12 bits per heavy atom. The Morgan fingerprint density at radius 2 is 1.84 bits per heavy atom. The summed E-state index contributed by atoms with van der Waals surface area (Å²) >= 11 is 0. The van der Waals surface area contributed by atoms with Gasteiger partial charge in [-0.1, -0.05) is 6.07 Å². The van der Waals surface area contributed by atoms with E-state index in [0.29, 0.717) is 4.31 Å². The second-order valence-electron chi connectivity index (χ2n) is 4.86. The molecule has 134 valence electrons. The number of hydrogen-bond acceptors (Lipinski definition) is 5. The Hall–Kier alpha value is -2.68. The molecule has 0 aliphatic heterocycles. The van der Waals surface area contributed by atoms with Crippen LogP contribution in [0.2, 0.25) is 0 Å². The first-order chi connectivity index (χ1) is 11.8. The molecule has 0 saturated heterocycles. The highest BCUT2D eigenvalue weighted by Gasteiger charge is 2.28. The van der Waals surface area contributed by atoms with Gasteiger partial charge in [-0.15, -0.1) is 0 Å². The van der Waals surface area contributed by atoms with Gasteiger partial charge in [0, 0.05) is 0 Å². The maximum atomic E-state index is 13.9. The first-order valence-corrected chi connectivity index (χ1v) is 8.42. The Balaban J connectivity index is 2.55. The van der Waals surface area contributed by atoms with Gasteiger partial charge in [0.05, 0.1) is 24.8 Å². The molecule has 6 nitrogen and oxygen atoms in total. The number of anilines is 1. The van der Waals surface area contributed by atoms with E-state index in [4.69, 9.17) is 4.74 Å². The Bertz CT molecular complexity index is 886. The van der Waals surface area contributed by atoms with Crippen molar-refractivity contribution in [1.29, 1.82) is 0 Å². The average molecular weight is 371 g/mol. The zero-order valence-corrected chi connectivity index (χ0v) is 14.2. The number of esters is 1. The number of methoxy groups -OCH3 is 2. The number of halogens is 2. The number of hydrogen-bond donors (Lipinski definition) is 0. The standard InChI is InChI=1S/C16H15F2NO5S/c1-23-15-7-6-13(9-14(15)18)25(21,22)19(10-16(20)24-2)12-5-3-4-11(17)8-12/h3-9H,10H2,1-2H3. The van der Waals surface area contributed by atoms with Crippen molar-refractivity contribution in [3.8, 4) is 5.75 Å². The third kappa shape index (κ3) is 4.05. The highest BCUT2D eigenvalue weighted by molar-refractivity contribution is 7.92. The fourth-order valence-corrected chi connectivity index (χ4v) is 3.48. The van der Waals surface area contributed by atoms with Crippen LogP contribution in [0.15, 0.2) is 47.4 Å². The summed E-state index contributed by atoms with van der Waals surface area (Å²) in [5.74, 6) is -2.57. The van der Waals surface area contributed by atoms with Gasteiger partial charge in [0.2, 0.25) is 0 Å². The van der Waals surface area contributed by atoms with Crippen LogP contribution in [0.25, 0.3) is 0 Å². The first kappa shape index (κ1) is 18.7. The number of carbonyl (C=O) groups excluding carboxylic acids is 1. The van der Waals surface area contributed by atoms with Gasteiger partial charge in [-0.05, 0) is 36.4 Å². The lowest BCUT2D eigenvalue weighted by Gasteiger charge is -2.23. The molecule has 2 aromatic rings. The zero-order valence-electron chi connectivity index (χ0n) is 13.4. The molecular formula is C16H15F2NO5S. The number of benzene rings is 2. The minimum atomic E-state index is -4.35. The topological polar surface area (TPSA) is 72.9 Å². The lowest BCUT2D eigenvalue weighted by atomic mass is 10.3. The van der Waals surface area contributed by atoms with E-state index in [0.717, 1.165) is 37.4 Å². The molecule has 0 saturated carbocycles. The van der Waals surface area contributed by atoms with E-state index in [9.17, 15) is 22.0 Å². The van der Waals surface area contributed by atoms with Crippen molar-refractivity contribution in [3.05, 3.63) is 54.1 Å². The van der Waals surface area contributed by atoms with Gasteiger partial charge in [-0.25, -0.2) is 17.2 Å². The zero-order chi connectivity index (χ0) is 18.6. The second-order valence-corrected chi connectivity index (χ2v) is 6.73. The second kappa shape index (κ2) is 7.47. The van der Waals surface area contributed by atoms with Crippen molar-refractivity contribution >= 4 is 21.7 Å². The first-order valence-electron chi connectivity index (χ1n) is 6.98. The maximum absolute atomic E-state index is 13.9. The van der Waals surface area contributed by atoms with Crippen molar-refractivity contribution in [3.63, 3.8) is 0 Å². The summed E-state index contributed by atoms with van der Waals surface area (Å²) in [6.07, 6.45) is 0. The van der Waals surface area contributed by atoms with Gasteiger partial charge in [-0.2, -0.15) is 0 Å². The molecule has 0 unspecified atom stereocenters. The molecule has 0 amide bonds. The Labute approximate surface area is 143 Å². The van der Waals surface area contributed by atoms with E-state index in [-0.39, 0.29) is 11.4 Å². The monoisotopic (exact) mass is 371 g/mol. The molecule has 0 fully saturated rings. The van der Waals surface area contributed by atoms with E-state index in [1.807, 2.05) is 0 Å². The van der Waals surface area contributed by atoms with Gasteiger partial charge in [0.15, 0.2) is 11.6 Å². The predicted octanol–water partition coefficient (Wildman–Crippen LogP) is 2.34. The van der Waals surface area contributed by atoms with Crippen LogP contribution in [0.3, 0.4) is 0 Å². The summed E-state index contributed by atoms with van der Waals surface area (Å²) in [5.41, 5.74) is -0.0957. The number of rotatable bonds is 6. The lowest BCUT2D eigenvalue weighted by Crippen LogP contribution is -2.36. The number of ether oxygens (including phenoxy) is 2. The molecule has 0 aliphatic rings. The van der Waals surface area contributed by atoms with Crippen LogP contribution < -0.4 is 9.04 Å². The van der Waals surface area contributed by atoms with Crippen molar-refractivity contribution in [2.45, 2.75) is 4.90 Å². The van der Waals surface area contributed by atoms with Gasteiger partial charge in [0.1, 0.15) is 12.4 Å². The maximum Gasteiger partial charge on any atom is 0.326 e. The van der Waals surface area contributed by atoms with Crippen LogP contribution in [0, 0.1) is 11.6 Å². The summed E-state index contributed by atoms with van der Waals surface area (Å²) in [6, 6.07) is 7.70. The van der Waals surface area contributed by atoms with Gasteiger partial charge in [-0.3, -0.25) is 9.10 Å². The predicted molar refractivity (Wildman–Crippen MR) is 85.9 cm³/mol. The molecule has 25 heavy (non-hydrogen) atoms. The molecule has 0 N–H and O–H groups in total. The minimum absolute atomic E-state index is 0.0957. The largest absolute Gasteiger partial charge is 0.494 e. The van der Waals surface area contributed by atoms with E-state index in [1.54, 1.807) is 0 Å². The van der Waals surface area contributed by atoms with E-state index >= 15 is 0 Å². The van der Waals surface area contributed by atoms with E-state index in [1.165, 1.54) is 19.2 Å². The Morgan fingerprint density at radius 3 is 2.40 bits per heavy atom. The molecular weight excluding hydrogens is 356 g/mol. The van der Waals surface area contributed by atoms with Gasteiger partial charge >= 0.3 is 5.97 Å². The van der Waals surface area contributed by atoms with Crippen LogP contribution in [-0.4, -0.2) is 35.2 Å². The fraction of sp³-hybridized carbons (Fsp3) is 0.188. The van der Waals surface area contributed by atoms with E-state index < -0.39 is 39.1 Å². The summed E-state index contributed by atoms with van der Waals surface area (Å²) in [4.78, 5) is 11.2. The van der Waals surface area contributed by atoms with Crippen molar-refractivity contribution < 1.29 is 31.5 Å². The van der Waals surface area contributed by atoms with Gasteiger partial charge < -0.3 is 9.47 Å². The minimum Gasteiger partial charge on any atom is -0.494 e. The summed E-state index contributed by atoms with van der Waals surface area (Å²) < 4.78 is 62.9. The quantitative estimate of drug-likeness (QED) is 0.729. The highest BCUT2D eigenvalue weighted by Crippen LogP contribution is 2.27. The normalized spacial score (nSPS) is 11.0. The molecule has 0 radical (unpaired) electrons. The molecule has 0 bridgehead atoms. The number of carbonyl (C=O) groups is 1. The fourth-order valence-electron chi connectivity index (χ4n) is 2.06. The molecule has 2 rings (SSSR count). The molecule has 0 aromatic heterocycles. The number of nitrogens with zero attached hydrogens (tertiary/aromatic N) is 1. The van der Waals surface area contributed by atoms with Gasteiger partial charge in [0.25, 0.3) is 10.0 Å². The van der Waals surface area contributed by atoms with Crippen molar-refractivity contribution in [2.75, 3.05) is 25.1 Å². The van der Waals surface area contributed by atoms with Crippen molar-refractivity contribution in [1.82, 2.24) is 0 Å². The van der Waals surface area contributed by atoms with Crippen LogP contribution in [0.5, 0.6) is 5.75 Å². The molecule has 0 spiro atoms. The van der Waals surface area contributed by atoms with Crippen LogP contribution in [-0.2, 0) is 19.6 Å². The Kier molecular flexibility index (Phi) is 5.58. The molecule has 2 aromatic carbocycles. The third-order valence-corrected chi connectivity index (χ3v) is 5.08. The van der Waals surface area contributed by atoms with Crippen LogP contribution in [0.1, 0.15) is 0 Å². The molecule has 0 aliphatic carbocycles. The third-order valence-electron chi connectivity index (χ3n) is 3.31. The van der Waals surface area contributed by atoms with E-state index in [2.05, 4.69) is 4.74 Å². The smallest absolute Gasteiger partial charge is 0.326 e. The van der Waals surface area contributed by atoms with Crippen molar-refractivity contribution in [2.24, 2.45) is 0 Å². The number of sulfonamides is 1. The van der Waals surface area contributed by atoms with Crippen LogP contribution >= 0.6 is 0 Å².